The lowest BCUT2D eigenvalue weighted by molar-refractivity contribution is -0.136. The topological polar surface area (TPSA) is 53.1 Å². The highest BCUT2D eigenvalue weighted by atomic mass is 19.1. The highest BCUT2D eigenvalue weighted by Gasteiger charge is 2.38. The van der Waals surface area contributed by atoms with Crippen LogP contribution < -0.4 is 14.5 Å². The third-order valence-electron chi connectivity index (χ3n) is 5.71. The predicted octanol–water partition coefficient (Wildman–Crippen LogP) is 2.93. The first-order chi connectivity index (χ1) is 14.6. The molecule has 2 saturated heterocycles. The van der Waals surface area contributed by atoms with E-state index in [2.05, 4.69) is 4.90 Å². The van der Waals surface area contributed by atoms with Crippen LogP contribution in [0, 0.1) is 11.7 Å². The van der Waals surface area contributed by atoms with Gasteiger partial charge in [-0.05, 0) is 43.3 Å². The first-order valence-electron chi connectivity index (χ1n) is 10.4. The van der Waals surface area contributed by atoms with Crippen molar-refractivity contribution in [2.75, 3.05) is 49.1 Å². The van der Waals surface area contributed by atoms with E-state index in [0.717, 1.165) is 11.4 Å². The van der Waals surface area contributed by atoms with Crippen LogP contribution in [-0.2, 0) is 9.59 Å². The first kappa shape index (κ1) is 20.2. The molecular formula is C23H26FN3O3. The Balaban J connectivity index is 1.38. The molecule has 158 valence electrons. The second-order valence-electron chi connectivity index (χ2n) is 7.59. The number of ether oxygens (including phenoxy) is 1. The van der Waals surface area contributed by atoms with Crippen molar-refractivity contribution in [3.8, 4) is 5.75 Å². The molecule has 0 aromatic heterocycles. The smallest absolute Gasteiger partial charge is 0.228 e. The van der Waals surface area contributed by atoms with Crippen LogP contribution >= 0.6 is 0 Å². The summed E-state index contributed by atoms with van der Waals surface area (Å²) in [4.78, 5) is 31.4. The number of benzene rings is 2. The molecule has 2 amide bonds. The van der Waals surface area contributed by atoms with Crippen molar-refractivity contribution in [1.29, 1.82) is 0 Å². The van der Waals surface area contributed by atoms with Crippen LogP contribution in [0.5, 0.6) is 5.75 Å². The summed E-state index contributed by atoms with van der Waals surface area (Å²) >= 11 is 0. The number of para-hydroxylation sites is 2. The van der Waals surface area contributed by atoms with Gasteiger partial charge in [-0.1, -0.05) is 12.1 Å². The van der Waals surface area contributed by atoms with Gasteiger partial charge in [0.15, 0.2) is 0 Å². The third kappa shape index (κ3) is 4.10. The zero-order chi connectivity index (χ0) is 21.1. The summed E-state index contributed by atoms with van der Waals surface area (Å²) in [6.07, 6.45) is 0.220. The van der Waals surface area contributed by atoms with Gasteiger partial charge in [0.2, 0.25) is 11.8 Å². The van der Waals surface area contributed by atoms with Crippen molar-refractivity contribution in [2.45, 2.75) is 13.3 Å². The number of amides is 2. The number of rotatable bonds is 5. The van der Waals surface area contributed by atoms with Gasteiger partial charge in [-0.2, -0.15) is 0 Å². The largest absolute Gasteiger partial charge is 0.492 e. The Morgan fingerprint density at radius 1 is 1.07 bits per heavy atom. The molecule has 0 N–H and O–H groups in total. The standard InChI is InChI=1S/C23H26FN3O3/c1-2-30-21-6-4-3-5-20(21)27-16-17(15-22(27)28)23(29)26-13-11-25(12-14-26)19-9-7-18(24)8-10-19/h3-10,17H,2,11-16H2,1H3/t17-/m1/s1. The minimum atomic E-state index is -0.343. The predicted molar refractivity (Wildman–Crippen MR) is 113 cm³/mol. The Morgan fingerprint density at radius 2 is 1.77 bits per heavy atom. The van der Waals surface area contributed by atoms with Gasteiger partial charge in [0.1, 0.15) is 11.6 Å². The van der Waals surface area contributed by atoms with Gasteiger partial charge in [0, 0.05) is 44.8 Å². The fourth-order valence-corrected chi connectivity index (χ4v) is 4.16. The molecule has 30 heavy (non-hydrogen) atoms. The van der Waals surface area contributed by atoms with Crippen molar-refractivity contribution in [3.63, 3.8) is 0 Å². The van der Waals surface area contributed by atoms with E-state index in [-0.39, 0.29) is 30.0 Å². The molecule has 0 radical (unpaired) electrons. The molecule has 2 aromatic rings. The Morgan fingerprint density at radius 3 is 2.47 bits per heavy atom. The van der Waals surface area contributed by atoms with Crippen LogP contribution in [0.25, 0.3) is 0 Å². The van der Waals surface area contributed by atoms with E-state index in [4.69, 9.17) is 4.74 Å². The van der Waals surface area contributed by atoms with Crippen molar-refractivity contribution in [2.24, 2.45) is 5.92 Å². The quantitative estimate of drug-likeness (QED) is 0.759. The number of hydrogen-bond donors (Lipinski definition) is 0. The molecule has 1 atom stereocenters. The van der Waals surface area contributed by atoms with Crippen molar-refractivity contribution < 1.29 is 18.7 Å². The molecule has 0 bridgehead atoms. The minimum absolute atomic E-state index is 0.0264. The number of nitrogens with zero attached hydrogens (tertiary/aromatic N) is 3. The Bertz CT molecular complexity index is 910. The molecule has 0 unspecified atom stereocenters. The Hall–Kier alpha value is -3.09. The normalized spacial score (nSPS) is 19.3. The van der Waals surface area contributed by atoms with E-state index in [1.165, 1.54) is 12.1 Å². The first-order valence-corrected chi connectivity index (χ1v) is 10.4. The average Bonchev–Trinajstić information content (AvgIpc) is 3.16. The molecule has 2 fully saturated rings. The maximum Gasteiger partial charge on any atom is 0.228 e. The van der Waals surface area contributed by atoms with Gasteiger partial charge in [0.25, 0.3) is 0 Å². The van der Waals surface area contributed by atoms with Gasteiger partial charge >= 0.3 is 0 Å². The van der Waals surface area contributed by atoms with E-state index in [0.29, 0.717) is 45.1 Å². The van der Waals surface area contributed by atoms with Gasteiger partial charge < -0.3 is 19.4 Å². The Labute approximate surface area is 175 Å². The number of hydrogen-bond acceptors (Lipinski definition) is 4. The van der Waals surface area contributed by atoms with Gasteiger partial charge in [-0.25, -0.2) is 4.39 Å². The third-order valence-corrected chi connectivity index (χ3v) is 5.71. The van der Waals surface area contributed by atoms with E-state index in [1.807, 2.05) is 36.1 Å². The Kier molecular flexibility index (Phi) is 5.88. The van der Waals surface area contributed by atoms with Crippen molar-refractivity contribution in [3.05, 3.63) is 54.3 Å². The highest BCUT2D eigenvalue weighted by Crippen LogP contribution is 2.33. The van der Waals surface area contributed by atoms with Crippen LogP contribution in [0.4, 0.5) is 15.8 Å². The maximum atomic E-state index is 13.1. The van der Waals surface area contributed by atoms with Crippen molar-refractivity contribution in [1.82, 2.24) is 4.90 Å². The molecule has 2 heterocycles. The van der Waals surface area contributed by atoms with Crippen LogP contribution in [0.2, 0.25) is 0 Å². The van der Waals surface area contributed by atoms with Crippen LogP contribution in [0.15, 0.2) is 48.5 Å². The van der Waals surface area contributed by atoms with Crippen LogP contribution in [-0.4, -0.2) is 56.0 Å². The highest BCUT2D eigenvalue weighted by molar-refractivity contribution is 6.01. The van der Waals surface area contributed by atoms with E-state index < -0.39 is 0 Å². The van der Waals surface area contributed by atoms with Gasteiger partial charge in [-0.3, -0.25) is 9.59 Å². The summed E-state index contributed by atoms with van der Waals surface area (Å²) in [5.41, 5.74) is 1.68. The molecule has 2 aliphatic rings. The molecular weight excluding hydrogens is 385 g/mol. The monoisotopic (exact) mass is 411 g/mol. The number of piperazine rings is 1. The lowest BCUT2D eigenvalue weighted by Crippen LogP contribution is -2.50. The SMILES string of the molecule is CCOc1ccccc1N1C[C@H](C(=O)N2CCN(c3ccc(F)cc3)CC2)CC1=O. The van der Waals surface area contributed by atoms with Gasteiger partial charge in [0.05, 0.1) is 18.2 Å². The summed E-state index contributed by atoms with van der Waals surface area (Å²) in [5.74, 6) is 0.0387. The van der Waals surface area contributed by atoms with E-state index in [1.54, 1.807) is 17.0 Å². The number of carbonyl (C=O) groups excluding carboxylic acids is 2. The van der Waals surface area contributed by atoms with Crippen LogP contribution in [0.1, 0.15) is 13.3 Å². The van der Waals surface area contributed by atoms with E-state index >= 15 is 0 Å². The zero-order valence-electron chi connectivity index (χ0n) is 17.1. The fourth-order valence-electron chi connectivity index (χ4n) is 4.16. The second-order valence-corrected chi connectivity index (χ2v) is 7.59. The lowest BCUT2D eigenvalue weighted by atomic mass is 10.1. The number of anilines is 2. The summed E-state index contributed by atoms with van der Waals surface area (Å²) in [5, 5.41) is 0. The maximum absolute atomic E-state index is 13.1. The summed E-state index contributed by atoms with van der Waals surface area (Å²) < 4.78 is 18.8. The zero-order valence-corrected chi connectivity index (χ0v) is 17.1. The minimum Gasteiger partial charge on any atom is -0.492 e. The molecule has 2 aliphatic heterocycles. The van der Waals surface area contributed by atoms with Gasteiger partial charge in [-0.15, -0.1) is 0 Å². The molecule has 0 aliphatic carbocycles. The summed E-state index contributed by atoms with van der Waals surface area (Å²) in [6, 6.07) is 13.9. The molecule has 4 rings (SSSR count). The summed E-state index contributed by atoms with van der Waals surface area (Å²) in [6.45, 7) is 5.36. The second kappa shape index (κ2) is 8.73. The number of halogens is 1. The number of carbonyl (C=O) groups is 2. The summed E-state index contributed by atoms with van der Waals surface area (Å²) in [7, 11) is 0. The molecule has 7 heteroatoms. The van der Waals surface area contributed by atoms with E-state index in [9.17, 15) is 14.0 Å². The molecule has 6 nitrogen and oxygen atoms in total. The van der Waals surface area contributed by atoms with Crippen molar-refractivity contribution >= 4 is 23.2 Å². The molecule has 0 spiro atoms. The molecule has 2 aromatic carbocycles. The van der Waals surface area contributed by atoms with Crippen LogP contribution in [0.3, 0.4) is 0 Å². The molecule has 0 saturated carbocycles. The lowest BCUT2D eigenvalue weighted by Gasteiger charge is -2.37. The average molecular weight is 411 g/mol. The fraction of sp³-hybridized carbons (Fsp3) is 0.391.